The van der Waals surface area contributed by atoms with E-state index in [0.29, 0.717) is 12.3 Å². The summed E-state index contributed by atoms with van der Waals surface area (Å²) < 4.78 is 29.3. The quantitative estimate of drug-likeness (QED) is 0.925. The van der Waals surface area contributed by atoms with E-state index in [2.05, 4.69) is 0 Å². The molecule has 0 heterocycles. The normalized spacial score (nSPS) is 18.8. The summed E-state index contributed by atoms with van der Waals surface area (Å²) in [6.45, 7) is 0.524. The van der Waals surface area contributed by atoms with Crippen molar-refractivity contribution in [3.8, 4) is 5.75 Å². The second-order valence-corrected chi connectivity index (χ2v) is 7.64. The molecule has 1 aliphatic carbocycles. The fourth-order valence-electron chi connectivity index (χ4n) is 3.25. The number of hydrogen-bond acceptors (Lipinski definition) is 4. The third-order valence-corrected chi connectivity index (χ3v) is 5.48. The fourth-order valence-corrected chi connectivity index (χ4v) is 4.10. The lowest BCUT2D eigenvalue weighted by molar-refractivity contribution is 0.285. The highest BCUT2D eigenvalue weighted by Crippen LogP contribution is 2.44. The minimum absolute atomic E-state index is 0.149. The van der Waals surface area contributed by atoms with Crippen molar-refractivity contribution < 1.29 is 13.2 Å². The Morgan fingerprint density at radius 3 is 2.40 bits per heavy atom. The van der Waals surface area contributed by atoms with E-state index < -0.39 is 9.84 Å². The maximum absolute atomic E-state index is 11.9. The number of para-hydroxylation sites is 1. The Bertz CT molecular complexity index is 575. The highest BCUT2D eigenvalue weighted by Gasteiger charge is 2.36. The SMILES string of the molecule is COc1c(C2(CN)CCCCC2)cccc1S(C)(=O)=O. The minimum atomic E-state index is -3.31. The Kier molecular flexibility index (Phi) is 4.39. The number of ether oxygens (including phenoxy) is 1. The zero-order valence-electron chi connectivity index (χ0n) is 12.2. The van der Waals surface area contributed by atoms with Gasteiger partial charge in [0, 0.05) is 23.8 Å². The van der Waals surface area contributed by atoms with Gasteiger partial charge in [-0.05, 0) is 18.9 Å². The topological polar surface area (TPSA) is 69.4 Å². The van der Waals surface area contributed by atoms with Crippen LogP contribution in [0.4, 0.5) is 0 Å². The molecular formula is C15H23NO3S. The molecule has 0 bridgehead atoms. The maximum atomic E-state index is 11.9. The number of nitrogens with two attached hydrogens (primary N) is 1. The predicted octanol–water partition coefficient (Wildman–Crippen LogP) is 2.26. The smallest absolute Gasteiger partial charge is 0.179 e. The zero-order chi connectivity index (χ0) is 14.8. The third kappa shape index (κ3) is 2.69. The van der Waals surface area contributed by atoms with Gasteiger partial charge < -0.3 is 10.5 Å². The molecule has 1 saturated carbocycles. The molecule has 0 atom stereocenters. The summed E-state index contributed by atoms with van der Waals surface area (Å²) in [7, 11) is -1.78. The number of methoxy groups -OCH3 is 1. The molecule has 0 spiro atoms. The minimum Gasteiger partial charge on any atom is -0.495 e. The molecule has 0 saturated heterocycles. The van der Waals surface area contributed by atoms with Crippen LogP contribution in [0.5, 0.6) is 5.75 Å². The van der Waals surface area contributed by atoms with Crippen LogP contribution in [-0.2, 0) is 15.3 Å². The average Bonchev–Trinajstić information content (AvgIpc) is 2.46. The van der Waals surface area contributed by atoms with Gasteiger partial charge in [0.2, 0.25) is 0 Å². The van der Waals surface area contributed by atoms with Crippen LogP contribution in [0.15, 0.2) is 23.1 Å². The molecule has 0 aliphatic heterocycles. The molecule has 5 heteroatoms. The van der Waals surface area contributed by atoms with Gasteiger partial charge in [-0.1, -0.05) is 31.4 Å². The van der Waals surface area contributed by atoms with Crippen molar-refractivity contribution >= 4 is 9.84 Å². The lowest BCUT2D eigenvalue weighted by Crippen LogP contribution is -2.37. The van der Waals surface area contributed by atoms with Crippen molar-refractivity contribution in [3.05, 3.63) is 23.8 Å². The molecule has 0 amide bonds. The van der Waals surface area contributed by atoms with Gasteiger partial charge in [0.15, 0.2) is 9.84 Å². The van der Waals surface area contributed by atoms with Crippen LogP contribution in [0, 0.1) is 0 Å². The van der Waals surface area contributed by atoms with Crippen LogP contribution in [0.1, 0.15) is 37.7 Å². The first-order valence-corrected chi connectivity index (χ1v) is 8.91. The Hall–Kier alpha value is -1.07. The number of benzene rings is 1. The number of sulfone groups is 1. The largest absolute Gasteiger partial charge is 0.495 e. The first-order chi connectivity index (χ1) is 9.44. The molecule has 2 N–H and O–H groups in total. The van der Waals surface area contributed by atoms with E-state index in [4.69, 9.17) is 10.5 Å². The first-order valence-electron chi connectivity index (χ1n) is 7.02. The van der Waals surface area contributed by atoms with Gasteiger partial charge in [-0.15, -0.1) is 0 Å². The van der Waals surface area contributed by atoms with Gasteiger partial charge in [-0.25, -0.2) is 8.42 Å². The molecule has 0 unspecified atom stereocenters. The summed E-state index contributed by atoms with van der Waals surface area (Å²) in [6, 6.07) is 5.36. The van der Waals surface area contributed by atoms with Gasteiger partial charge in [0.25, 0.3) is 0 Å². The Labute approximate surface area is 121 Å². The Morgan fingerprint density at radius 1 is 1.25 bits per heavy atom. The number of hydrogen-bond donors (Lipinski definition) is 1. The summed E-state index contributed by atoms with van der Waals surface area (Å²) in [5, 5.41) is 0. The molecule has 2 rings (SSSR count). The highest BCUT2D eigenvalue weighted by atomic mass is 32.2. The average molecular weight is 297 g/mol. The lowest BCUT2D eigenvalue weighted by Gasteiger charge is -2.38. The van der Waals surface area contributed by atoms with Crippen LogP contribution in [0.3, 0.4) is 0 Å². The van der Waals surface area contributed by atoms with Crippen LogP contribution in [-0.4, -0.2) is 28.3 Å². The Balaban J connectivity index is 2.61. The summed E-state index contributed by atoms with van der Waals surface area (Å²) in [6.07, 6.45) is 6.67. The van der Waals surface area contributed by atoms with E-state index in [9.17, 15) is 8.42 Å². The van der Waals surface area contributed by atoms with Gasteiger partial charge in [0.05, 0.1) is 7.11 Å². The summed E-state index contributed by atoms with van der Waals surface area (Å²) in [4.78, 5) is 0.260. The summed E-state index contributed by atoms with van der Waals surface area (Å²) >= 11 is 0. The molecule has 0 aromatic heterocycles. The molecule has 1 aliphatic rings. The van der Waals surface area contributed by atoms with Crippen molar-refractivity contribution in [3.63, 3.8) is 0 Å². The van der Waals surface area contributed by atoms with E-state index in [1.165, 1.54) is 19.8 Å². The third-order valence-electron chi connectivity index (χ3n) is 4.36. The van der Waals surface area contributed by atoms with Gasteiger partial charge in [-0.2, -0.15) is 0 Å². The standard InChI is InChI=1S/C15H23NO3S/c1-19-14-12(7-6-8-13(14)20(2,17)18)15(11-16)9-4-3-5-10-15/h6-8H,3-5,9-11,16H2,1-2H3. The van der Waals surface area contributed by atoms with E-state index in [1.54, 1.807) is 12.1 Å². The van der Waals surface area contributed by atoms with Crippen LogP contribution in [0.2, 0.25) is 0 Å². The molecule has 1 aromatic carbocycles. The monoisotopic (exact) mass is 297 g/mol. The Morgan fingerprint density at radius 2 is 1.90 bits per heavy atom. The fraction of sp³-hybridized carbons (Fsp3) is 0.600. The van der Waals surface area contributed by atoms with Crippen LogP contribution < -0.4 is 10.5 Å². The van der Waals surface area contributed by atoms with Gasteiger partial charge >= 0.3 is 0 Å². The van der Waals surface area contributed by atoms with Crippen LogP contribution >= 0.6 is 0 Å². The second-order valence-electron chi connectivity index (χ2n) is 5.65. The molecule has 1 fully saturated rings. The molecular weight excluding hydrogens is 274 g/mol. The predicted molar refractivity (Wildman–Crippen MR) is 79.9 cm³/mol. The van der Waals surface area contributed by atoms with Crippen molar-refractivity contribution in [2.45, 2.75) is 42.4 Å². The highest BCUT2D eigenvalue weighted by molar-refractivity contribution is 7.90. The van der Waals surface area contributed by atoms with Gasteiger partial charge in [0.1, 0.15) is 10.6 Å². The van der Waals surface area contributed by atoms with Crippen LogP contribution in [0.25, 0.3) is 0 Å². The zero-order valence-corrected chi connectivity index (χ0v) is 13.0. The molecule has 0 radical (unpaired) electrons. The van der Waals surface area contributed by atoms with Crippen molar-refractivity contribution in [2.24, 2.45) is 5.73 Å². The van der Waals surface area contributed by atoms with Crippen molar-refractivity contribution in [1.82, 2.24) is 0 Å². The molecule has 4 nitrogen and oxygen atoms in total. The second kappa shape index (κ2) is 5.74. The van der Waals surface area contributed by atoms with E-state index >= 15 is 0 Å². The van der Waals surface area contributed by atoms with E-state index in [1.807, 2.05) is 6.07 Å². The van der Waals surface area contributed by atoms with Crippen molar-refractivity contribution in [2.75, 3.05) is 19.9 Å². The number of rotatable bonds is 4. The van der Waals surface area contributed by atoms with Gasteiger partial charge in [-0.3, -0.25) is 0 Å². The molecule has 112 valence electrons. The molecule has 20 heavy (non-hydrogen) atoms. The van der Waals surface area contributed by atoms with E-state index in [0.717, 1.165) is 31.2 Å². The summed E-state index contributed by atoms with van der Waals surface area (Å²) in [5.41, 5.74) is 6.85. The molecule has 1 aromatic rings. The van der Waals surface area contributed by atoms with E-state index in [-0.39, 0.29) is 10.3 Å². The first kappa shape index (κ1) is 15.3. The summed E-state index contributed by atoms with van der Waals surface area (Å²) in [5.74, 6) is 0.474. The van der Waals surface area contributed by atoms with Crippen molar-refractivity contribution in [1.29, 1.82) is 0 Å². The lowest BCUT2D eigenvalue weighted by atomic mass is 9.69. The maximum Gasteiger partial charge on any atom is 0.179 e.